The van der Waals surface area contributed by atoms with E-state index in [1.807, 2.05) is 0 Å². The minimum atomic E-state index is -1.06. The highest BCUT2D eigenvalue weighted by molar-refractivity contribution is 5.15. The normalized spacial score (nSPS) is 28.2. The first kappa shape index (κ1) is 19.3. The molecule has 1 aromatic carbocycles. The van der Waals surface area contributed by atoms with E-state index in [4.69, 9.17) is 5.11 Å². The molecule has 1 saturated heterocycles. The molecular weight excluding hydrogens is 313 g/mol. The van der Waals surface area contributed by atoms with Crippen molar-refractivity contribution in [1.82, 2.24) is 5.32 Å². The summed E-state index contributed by atoms with van der Waals surface area (Å²) >= 11 is 0. The summed E-state index contributed by atoms with van der Waals surface area (Å²) in [7, 11) is 0. The van der Waals surface area contributed by atoms with Crippen molar-refractivity contribution in [3.63, 3.8) is 0 Å². The maximum atomic E-state index is 12.8. The number of unbranched alkanes of at least 4 members (excludes halogenated alkanes) is 3. The zero-order valence-electron chi connectivity index (χ0n) is 13.8. The van der Waals surface area contributed by atoms with Gasteiger partial charge in [0.05, 0.1) is 37.0 Å². The first-order chi connectivity index (χ1) is 11.5. The molecule has 5 nitrogen and oxygen atoms in total. The van der Waals surface area contributed by atoms with Crippen LogP contribution in [0.4, 0.5) is 4.39 Å². The van der Waals surface area contributed by atoms with Crippen molar-refractivity contribution in [2.24, 2.45) is 0 Å². The van der Waals surface area contributed by atoms with Crippen LogP contribution in [0.1, 0.15) is 37.7 Å². The van der Waals surface area contributed by atoms with Crippen molar-refractivity contribution in [1.29, 1.82) is 0 Å². The molecule has 24 heavy (non-hydrogen) atoms. The highest BCUT2D eigenvalue weighted by atomic mass is 19.1. The largest absolute Gasteiger partial charge is 0.395 e. The van der Waals surface area contributed by atoms with Crippen LogP contribution >= 0.6 is 0 Å². The van der Waals surface area contributed by atoms with Crippen molar-refractivity contribution in [3.8, 4) is 0 Å². The summed E-state index contributed by atoms with van der Waals surface area (Å²) in [5, 5.41) is 41.8. The van der Waals surface area contributed by atoms with E-state index < -0.39 is 30.4 Å². The Labute approximate surface area is 142 Å². The van der Waals surface area contributed by atoms with Crippen molar-refractivity contribution in [2.75, 3.05) is 6.61 Å². The first-order valence-electron chi connectivity index (χ1n) is 8.68. The van der Waals surface area contributed by atoms with Gasteiger partial charge >= 0.3 is 0 Å². The summed E-state index contributed by atoms with van der Waals surface area (Å²) in [5.41, 5.74) is 1.12. The summed E-state index contributed by atoms with van der Waals surface area (Å²) in [5.74, 6) is -0.219. The summed E-state index contributed by atoms with van der Waals surface area (Å²) in [6, 6.07) is 5.36. The highest BCUT2D eigenvalue weighted by Crippen LogP contribution is 2.20. The van der Waals surface area contributed by atoms with Crippen molar-refractivity contribution in [2.45, 2.75) is 68.9 Å². The molecule has 1 aliphatic heterocycles. The number of halogens is 1. The smallest absolute Gasteiger partial charge is 0.123 e. The van der Waals surface area contributed by atoms with Gasteiger partial charge in [0.1, 0.15) is 5.82 Å². The molecule has 2 rings (SSSR count). The minimum absolute atomic E-state index is 0.219. The maximum absolute atomic E-state index is 12.8. The molecule has 0 unspecified atom stereocenters. The van der Waals surface area contributed by atoms with E-state index in [0.717, 1.165) is 37.7 Å². The molecule has 0 aromatic heterocycles. The number of benzene rings is 1. The van der Waals surface area contributed by atoms with Crippen LogP contribution < -0.4 is 5.32 Å². The summed E-state index contributed by atoms with van der Waals surface area (Å²) < 4.78 is 12.8. The number of hydrogen-bond donors (Lipinski definition) is 5. The molecule has 5 N–H and O–H groups in total. The standard InChI is InChI=1S/C18H28FNO4/c19-13-9-7-12(8-10-13)5-3-1-2-4-6-15(22)16-18(24)17(23)14(11-21)20-16/h7-10,14-18,20-24H,1-6,11H2/t14-,15+,16-,17-,18-/m0/s1. The molecule has 6 heteroatoms. The Morgan fingerprint density at radius 3 is 2.29 bits per heavy atom. The molecule has 1 fully saturated rings. The topological polar surface area (TPSA) is 93.0 Å². The molecule has 1 aromatic rings. The molecule has 136 valence electrons. The number of rotatable bonds is 9. The molecule has 0 amide bonds. The van der Waals surface area contributed by atoms with Gasteiger partial charge in [-0.15, -0.1) is 0 Å². The quantitative estimate of drug-likeness (QED) is 0.427. The van der Waals surface area contributed by atoms with Crippen LogP contribution in [0.2, 0.25) is 0 Å². The first-order valence-corrected chi connectivity index (χ1v) is 8.68. The van der Waals surface area contributed by atoms with Crippen LogP contribution in [-0.2, 0) is 6.42 Å². The maximum Gasteiger partial charge on any atom is 0.123 e. The molecule has 0 bridgehead atoms. The summed E-state index contributed by atoms with van der Waals surface area (Å²) in [6.45, 7) is -0.273. The third kappa shape index (κ3) is 5.22. The molecule has 1 aliphatic rings. The van der Waals surface area contributed by atoms with E-state index in [9.17, 15) is 19.7 Å². The Kier molecular flexibility index (Phi) is 7.58. The van der Waals surface area contributed by atoms with Gasteiger partial charge in [-0.1, -0.05) is 31.4 Å². The number of aryl methyl sites for hydroxylation is 1. The lowest BCUT2D eigenvalue weighted by Gasteiger charge is -2.22. The minimum Gasteiger partial charge on any atom is -0.395 e. The molecular formula is C18H28FNO4. The molecule has 0 spiro atoms. The molecule has 1 heterocycles. The Balaban J connectivity index is 1.59. The van der Waals surface area contributed by atoms with Crippen LogP contribution in [0.5, 0.6) is 0 Å². The van der Waals surface area contributed by atoms with Gasteiger partial charge in [-0.3, -0.25) is 0 Å². The van der Waals surface area contributed by atoms with Gasteiger partial charge in [0.25, 0.3) is 0 Å². The highest BCUT2D eigenvalue weighted by Gasteiger charge is 2.43. The molecule has 0 radical (unpaired) electrons. The Bertz CT molecular complexity index is 484. The van der Waals surface area contributed by atoms with E-state index in [0.29, 0.717) is 6.42 Å². The van der Waals surface area contributed by atoms with Gasteiger partial charge in [0.15, 0.2) is 0 Å². The van der Waals surface area contributed by atoms with Crippen LogP contribution in [0.25, 0.3) is 0 Å². The Hall–Kier alpha value is -1.05. The zero-order chi connectivity index (χ0) is 17.5. The van der Waals surface area contributed by atoms with Crippen molar-refractivity contribution in [3.05, 3.63) is 35.6 Å². The van der Waals surface area contributed by atoms with Gasteiger partial charge in [-0.25, -0.2) is 4.39 Å². The van der Waals surface area contributed by atoms with Gasteiger partial charge < -0.3 is 25.7 Å². The van der Waals surface area contributed by atoms with Gasteiger partial charge in [-0.05, 0) is 37.0 Å². The van der Waals surface area contributed by atoms with E-state index in [1.165, 1.54) is 12.1 Å². The molecule has 0 aliphatic carbocycles. The second-order valence-corrected chi connectivity index (χ2v) is 6.61. The fourth-order valence-electron chi connectivity index (χ4n) is 3.26. The van der Waals surface area contributed by atoms with Gasteiger partial charge in [-0.2, -0.15) is 0 Å². The van der Waals surface area contributed by atoms with E-state index in [2.05, 4.69) is 5.32 Å². The van der Waals surface area contributed by atoms with E-state index >= 15 is 0 Å². The van der Waals surface area contributed by atoms with Crippen LogP contribution in [0.3, 0.4) is 0 Å². The number of aliphatic hydroxyl groups is 4. The predicted molar refractivity (Wildman–Crippen MR) is 89.0 cm³/mol. The van der Waals surface area contributed by atoms with Crippen LogP contribution in [0.15, 0.2) is 24.3 Å². The van der Waals surface area contributed by atoms with E-state index in [-0.39, 0.29) is 12.4 Å². The lowest BCUT2D eigenvalue weighted by Crippen LogP contribution is -2.44. The Morgan fingerprint density at radius 1 is 1.00 bits per heavy atom. The number of hydrogen-bond acceptors (Lipinski definition) is 5. The fourth-order valence-corrected chi connectivity index (χ4v) is 3.26. The Morgan fingerprint density at radius 2 is 1.67 bits per heavy atom. The second kappa shape index (κ2) is 9.44. The van der Waals surface area contributed by atoms with Gasteiger partial charge in [0.2, 0.25) is 0 Å². The second-order valence-electron chi connectivity index (χ2n) is 6.61. The van der Waals surface area contributed by atoms with E-state index in [1.54, 1.807) is 12.1 Å². The average molecular weight is 341 g/mol. The third-order valence-corrected chi connectivity index (χ3v) is 4.78. The van der Waals surface area contributed by atoms with Crippen LogP contribution in [-0.4, -0.2) is 57.4 Å². The zero-order valence-corrected chi connectivity index (χ0v) is 13.8. The number of aliphatic hydroxyl groups excluding tert-OH is 4. The lowest BCUT2D eigenvalue weighted by atomic mass is 9.98. The third-order valence-electron chi connectivity index (χ3n) is 4.78. The predicted octanol–water partition coefficient (Wildman–Crippen LogP) is 0.734. The average Bonchev–Trinajstić information content (AvgIpc) is 2.87. The summed E-state index contributed by atoms with van der Waals surface area (Å²) in [6.07, 6.45) is 2.42. The fraction of sp³-hybridized carbons (Fsp3) is 0.667. The summed E-state index contributed by atoms with van der Waals surface area (Å²) in [4.78, 5) is 0. The lowest BCUT2D eigenvalue weighted by molar-refractivity contribution is -0.00443. The van der Waals surface area contributed by atoms with Gasteiger partial charge in [0, 0.05) is 0 Å². The van der Waals surface area contributed by atoms with Crippen molar-refractivity contribution >= 4 is 0 Å². The SMILES string of the molecule is OC[C@@H]1N[C@@H]([C@H](O)CCCCCCc2ccc(F)cc2)[C@H](O)[C@H]1O. The number of nitrogens with one attached hydrogen (secondary N) is 1. The molecule has 5 atom stereocenters. The van der Waals surface area contributed by atoms with Crippen molar-refractivity contribution < 1.29 is 24.8 Å². The molecule has 0 saturated carbocycles. The van der Waals surface area contributed by atoms with Crippen LogP contribution in [0, 0.1) is 5.82 Å². The monoisotopic (exact) mass is 341 g/mol.